The van der Waals surface area contributed by atoms with E-state index in [-0.39, 0.29) is 18.4 Å². The minimum atomic E-state index is -0.432. The fourth-order valence-corrected chi connectivity index (χ4v) is 4.75. The Bertz CT molecular complexity index is 1160. The van der Waals surface area contributed by atoms with Gasteiger partial charge in [-0.2, -0.15) is 5.10 Å². The topological polar surface area (TPSA) is 88.8 Å². The molecule has 4 rings (SSSR count). The first kappa shape index (κ1) is 23.9. The lowest BCUT2D eigenvalue weighted by molar-refractivity contribution is -0.120. The average Bonchev–Trinajstić information content (AvgIpc) is 3.24. The van der Waals surface area contributed by atoms with Crippen molar-refractivity contribution in [3.05, 3.63) is 47.3 Å². The number of ether oxygens (including phenoxy) is 1. The second kappa shape index (κ2) is 9.93. The molecule has 2 aromatic rings. The molecule has 0 saturated carbocycles. The number of benzene rings is 1. The number of carbonyl (C=O) groups excluding carboxylic acids is 2. The van der Waals surface area contributed by atoms with E-state index < -0.39 is 5.92 Å². The highest BCUT2D eigenvalue weighted by Gasteiger charge is 2.26. The van der Waals surface area contributed by atoms with Crippen LogP contribution in [0.2, 0.25) is 0 Å². The fourth-order valence-electron chi connectivity index (χ4n) is 4.75. The highest BCUT2D eigenvalue weighted by Crippen LogP contribution is 2.33. The summed E-state index contributed by atoms with van der Waals surface area (Å²) in [4.78, 5) is 32.1. The zero-order valence-electron chi connectivity index (χ0n) is 20.6. The van der Waals surface area contributed by atoms with Gasteiger partial charge in [0.05, 0.1) is 12.1 Å². The molecule has 1 N–H and O–H groups in total. The standard InChI is InChI=1S/C26H33N5O3/c1-16-10-17(2)29-26(33)23(16)14-27-25(32)22-11-19(20-13-28-30(4)15-20)12-24(18(22)3)31(5)21-6-8-34-9-7-21/h10-13,15,21,23H,6-9,14H2,1-5H3,(H,27,32). The summed E-state index contributed by atoms with van der Waals surface area (Å²) in [5, 5.41) is 7.29. The molecule has 0 bridgehead atoms. The van der Waals surface area contributed by atoms with E-state index in [4.69, 9.17) is 4.74 Å². The Kier molecular flexibility index (Phi) is 6.97. The number of aryl methyl sites for hydroxylation is 1. The summed E-state index contributed by atoms with van der Waals surface area (Å²) in [6.07, 6.45) is 7.54. The van der Waals surface area contributed by atoms with E-state index in [9.17, 15) is 9.59 Å². The third kappa shape index (κ3) is 4.97. The molecule has 34 heavy (non-hydrogen) atoms. The average molecular weight is 464 g/mol. The van der Waals surface area contributed by atoms with Gasteiger partial charge in [-0.3, -0.25) is 14.3 Å². The second-order valence-corrected chi connectivity index (χ2v) is 9.27. The molecular formula is C26H33N5O3. The van der Waals surface area contributed by atoms with E-state index in [2.05, 4.69) is 33.4 Å². The lowest BCUT2D eigenvalue weighted by atomic mass is 9.94. The van der Waals surface area contributed by atoms with Crippen LogP contribution in [0.4, 0.5) is 5.69 Å². The van der Waals surface area contributed by atoms with Crippen molar-refractivity contribution in [2.45, 2.75) is 39.7 Å². The van der Waals surface area contributed by atoms with Gasteiger partial charge < -0.3 is 15.0 Å². The van der Waals surface area contributed by atoms with Gasteiger partial charge in [0.1, 0.15) is 0 Å². The SMILES string of the molecule is CC1=CC(C)=NC(=O)C1CNC(=O)c1cc(-c2cnn(C)c2)cc(N(C)C2CCOCC2)c1C. The maximum Gasteiger partial charge on any atom is 0.254 e. The molecule has 0 spiro atoms. The van der Waals surface area contributed by atoms with Crippen molar-refractivity contribution in [2.75, 3.05) is 31.7 Å². The Balaban J connectivity index is 1.64. The fraction of sp³-hybridized carbons (Fsp3) is 0.462. The first-order chi connectivity index (χ1) is 16.2. The second-order valence-electron chi connectivity index (χ2n) is 9.27. The predicted octanol–water partition coefficient (Wildman–Crippen LogP) is 3.30. The summed E-state index contributed by atoms with van der Waals surface area (Å²) in [6, 6.07) is 4.39. The molecule has 1 saturated heterocycles. The number of allylic oxidation sites excluding steroid dienone is 1. The van der Waals surface area contributed by atoms with Crippen molar-refractivity contribution in [3.63, 3.8) is 0 Å². The monoisotopic (exact) mass is 463 g/mol. The van der Waals surface area contributed by atoms with Gasteiger partial charge in [0, 0.05) is 68.6 Å². The van der Waals surface area contributed by atoms with Gasteiger partial charge >= 0.3 is 0 Å². The molecule has 8 heteroatoms. The van der Waals surface area contributed by atoms with Gasteiger partial charge in [-0.05, 0) is 62.9 Å². The van der Waals surface area contributed by atoms with Gasteiger partial charge in [-0.25, -0.2) is 4.99 Å². The van der Waals surface area contributed by atoms with E-state index in [0.29, 0.717) is 17.3 Å². The molecule has 0 radical (unpaired) electrons. The summed E-state index contributed by atoms with van der Waals surface area (Å²) in [6.45, 7) is 7.40. The van der Waals surface area contributed by atoms with Crippen molar-refractivity contribution >= 4 is 23.2 Å². The van der Waals surface area contributed by atoms with Crippen LogP contribution in [-0.4, -0.2) is 60.2 Å². The maximum atomic E-state index is 13.4. The molecule has 0 aliphatic carbocycles. The van der Waals surface area contributed by atoms with Crippen LogP contribution in [0.5, 0.6) is 0 Å². The summed E-state index contributed by atoms with van der Waals surface area (Å²) in [5.41, 5.74) is 6.02. The number of hydrogen-bond acceptors (Lipinski definition) is 5. The molecule has 3 heterocycles. The number of aliphatic imine (C=N–C) groups is 1. The first-order valence-corrected chi connectivity index (χ1v) is 11.7. The minimum Gasteiger partial charge on any atom is -0.381 e. The molecule has 8 nitrogen and oxygen atoms in total. The predicted molar refractivity (Wildman–Crippen MR) is 133 cm³/mol. The Morgan fingerprint density at radius 1 is 1.21 bits per heavy atom. The van der Waals surface area contributed by atoms with Crippen LogP contribution >= 0.6 is 0 Å². The molecule has 1 atom stereocenters. The van der Waals surface area contributed by atoms with E-state index in [1.165, 1.54) is 0 Å². The summed E-state index contributed by atoms with van der Waals surface area (Å²) in [7, 11) is 3.96. The highest BCUT2D eigenvalue weighted by atomic mass is 16.5. The third-order valence-corrected chi connectivity index (χ3v) is 6.82. The molecule has 2 amide bonds. The van der Waals surface area contributed by atoms with Gasteiger partial charge in [-0.1, -0.05) is 5.57 Å². The van der Waals surface area contributed by atoms with Crippen LogP contribution in [0.25, 0.3) is 11.1 Å². The number of nitrogens with zero attached hydrogens (tertiary/aromatic N) is 4. The normalized spacial score (nSPS) is 19.0. The van der Waals surface area contributed by atoms with Gasteiger partial charge in [-0.15, -0.1) is 0 Å². The number of aromatic nitrogens is 2. The Labute approximate surface area is 200 Å². The van der Waals surface area contributed by atoms with Crippen molar-refractivity contribution in [1.82, 2.24) is 15.1 Å². The summed E-state index contributed by atoms with van der Waals surface area (Å²) >= 11 is 0. The Hall–Kier alpha value is -3.26. The Morgan fingerprint density at radius 3 is 2.59 bits per heavy atom. The smallest absolute Gasteiger partial charge is 0.254 e. The van der Waals surface area contributed by atoms with Crippen LogP contribution in [0.3, 0.4) is 0 Å². The van der Waals surface area contributed by atoms with E-state index in [1.54, 1.807) is 17.8 Å². The molecule has 2 aliphatic rings. The van der Waals surface area contributed by atoms with Crippen molar-refractivity contribution in [1.29, 1.82) is 0 Å². The zero-order chi connectivity index (χ0) is 24.4. The number of dihydropyridines is 1. The van der Waals surface area contributed by atoms with Gasteiger partial charge in [0.2, 0.25) is 0 Å². The van der Waals surface area contributed by atoms with Crippen LogP contribution in [0, 0.1) is 12.8 Å². The molecule has 1 unspecified atom stereocenters. The highest BCUT2D eigenvalue weighted by molar-refractivity contribution is 6.06. The molecule has 1 aromatic carbocycles. The van der Waals surface area contributed by atoms with Crippen molar-refractivity contribution in [3.8, 4) is 11.1 Å². The third-order valence-electron chi connectivity index (χ3n) is 6.82. The van der Waals surface area contributed by atoms with E-state index >= 15 is 0 Å². The zero-order valence-corrected chi connectivity index (χ0v) is 20.6. The van der Waals surface area contributed by atoms with E-state index in [0.717, 1.165) is 54.0 Å². The van der Waals surface area contributed by atoms with Crippen LogP contribution < -0.4 is 10.2 Å². The Morgan fingerprint density at radius 2 is 1.94 bits per heavy atom. The quantitative estimate of drug-likeness (QED) is 0.710. The van der Waals surface area contributed by atoms with Crippen molar-refractivity contribution < 1.29 is 14.3 Å². The molecular weight excluding hydrogens is 430 g/mol. The summed E-state index contributed by atoms with van der Waals surface area (Å²) in [5.74, 6) is -0.839. The number of nitrogens with one attached hydrogen (secondary N) is 1. The number of amides is 2. The van der Waals surface area contributed by atoms with E-state index in [1.807, 2.05) is 39.2 Å². The number of rotatable bonds is 6. The van der Waals surface area contributed by atoms with Crippen LogP contribution in [0.15, 0.2) is 41.2 Å². The maximum absolute atomic E-state index is 13.4. The van der Waals surface area contributed by atoms with Gasteiger partial charge in [0.15, 0.2) is 0 Å². The molecule has 2 aliphatic heterocycles. The lowest BCUT2D eigenvalue weighted by Crippen LogP contribution is -2.38. The molecule has 1 aromatic heterocycles. The number of anilines is 1. The number of carbonyl (C=O) groups is 2. The number of hydrogen-bond donors (Lipinski definition) is 1. The largest absolute Gasteiger partial charge is 0.381 e. The van der Waals surface area contributed by atoms with Gasteiger partial charge in [0.25, 0.3) is 11.8 Å². The van der Waals surface area contributed by atoms with Crippen LogP contribution in [-0.2, 0) is 16.6 Å². The van der Waals surface area contributed by atoms with Crippen molar-refractivity contribution in [2.24, 2.45) is 18.0 Å². The molecule has 180 valence electrons. The minimum absolute atomic E-state index is 0.197. The summed E-state index contributed by atoms with van der Waals surface area (Å²) < 4.78 is 7.30. The molecule has 1 fully saturated rings. The lowest BCUT2D eigenvalue weighted by Gasteiger charge is -2.34. The first-order valence-electron chi connectivity index (χ1n) is 11.7. The van der Waals surface area contributed by atoms with Crippen LogP contribution in [0.1, 0.15) is 42.6 Å².